The molecule has 1 aliphatic heterocycles. The van der Waals surface area contributed by atoms with E-state index in [1.165, 1.54) is 12.8 Å². The second-order valence-electron chi connectivity index (χ2n) is 7.22. The van der Waals surface area contributed by atoms with Gasteiger partial charge in [-0.25, -0.2) is 0 Å². The van der Waals surface area contributed by atoms with Crippen molar-refractivity contribution in [2.24, 2.45) is 4.99 Å². The highest BCUT2D eigenvalue weighted by Gasteiger charge is 2.24. The fraction of sp³-hybridized carbons (Fsp3) is 0.682. The van der Waals surface area contributed by atoms with Crippen LogP contribution in [0.1, 0.15) is 45.2 Å². The zero-order valence-corrected chi connectivity index (χ0v) is 18.7. The minimum atomic E-state index is 0.0873. The molecule has 0 aromatic heterocycles. The van der Waals surface area contributed by atoms with Gasteiger partial charge in [0.2, 0.25) is 0 Å². The predicted molar refractivity (Wildman–Crippen MR) is 118 cm³/mol. The third kappa shape index (κ3) is 7.08. The maximum atomic E-state index is 5.76. The van der Waals surface area contributed by atoms with Crippen LogP contribution >= 0.6 is 0 Å². The fourth-order valence-corrected chi connectivity index (χ4v) is 3.66. The van der Waals surface area contributed by atoms with Crippen molar-refractivity contribution in [2.45, 2.75) is 45.7 Å². The molecule has 29 heavy (non-hydrogen) atoms. The van der Waals surface area contributed by atoms with E-state index in [4.69, 9.17) is 14.2 Å². The first-order chi connectivity index (χ1) is 14.1. The first-order valence-corrected chi connectivity index (χ1v) is 10.7. The Bertz CT molecular complexity index is 638. The number of likely N-dealkylation sites (tertiary alicyclic amines) is 1. The van der Waals surface area contributed by atoms with Crippen LogP contribution in [0.3, 0.4) is 0 Å². The maximum absolute atomic E-state index is 5.76. The van der Waals surface area contributed by atoms with Gasteiger partial charge in [-0.1, -0.05) is 6.07 Å². The number of benzene rings is 1. The number of hydrogen-bond donors (Lipinski definition) is 2. The zero-order valence-electron chi connectivity index (χ0n) is 18.7. The number of aliphatic imine (C=N–C) groups is 1. The molecule has 0 aliphatic carbocycles. The van der Waals surface area contributed by atoms with Crippen molar-refractivity contribution >= 4 is 5.96 Å². The molecule has 0 amide bonds. The summed E-state index contributed by atoms with van der Waals surface area (Å²) in [5.41, 5.74) is 1.13. The molecule has 2 rings (SSSR count). The van der Waals surface area contributed by atoms with Crippen LogP contribution in [0.5, 0.6) is 11.5 Å². The Kier molecular flexibility index (Phi) is 10.1. The normalized spacial score (nSPS) is 18.5. The lowest BCUT2D eigenvalue weighted by molar-refractivity contribution is 0.141. The van der Waals surface area contributed by atoms with E-state index in [1.807, 2.05) is 33.0 Å². The van der Waals surface area contributed by atoms with Crippen LogP contribution in [0.4, 0.5) is 0 Å². The number of nitrogens with zero attached hydrogens (tertiary/aromatic N) is 2. The topological polar surface area (TPSA) is 67.4 Å². The van der Waals surface area contributed by atoms with Crippen LogP contribution in [0.25, 0.3) is 0 Å². The summed E-state index contributed by atoms with van der Waals surface area (Å²) in [6.07, 6.45) is 2.45. The molecule has 1 aliphatic rings. The molecule has 7 nitrogen and oxygen atoms in total. The third-order valence-electron chi connectivity index (χ3n) is 5.23. The number of nitrogens with one attached hydrogen (secondary N) is 2. The molecular formula is C22H38N4O3. The molecule has 2 N–H and O–H groups in total. The van der Waals surface area contributed by atoms with Gasteiger partial charge in [-0.15, -0.1) is 0 Å². The zero-order chi connectivity index (χ0) is 21.1. The van der Waals surface area contributed by atoms with Gasteiger partial charge >= 0.3 is 0 Å². The van der Waals surface area contributed by atoms with Gasteiger partial charge in [0.25, 0.3) is 0 Å². The minimum absolute atomic E-state index is 0.0873. The van der Waals surface area contributed by atoms with E-state index in [0.717, 1.165) is 49.3 Å². The van der Waals surface area contributed by atoms with Gasteiger partial charge in [0.05, 0.1) is 25.9 Å². The lowest BCUT2D eigenvalue weighted by atomic mass is 10.1. The molecule has 1 heterocycles. The van der Waals surface area contributed by atoms with Crippen molar-refractivity contribution < 1.29 is 14.2 Å². The third-order valence-corrected chi connectivity index (χ3v) is 5.23. The molecule has 0 spiro atoms. The molecule has 7 heteroatoms. The van der Waals surface area contributed by atoms with Crippen LogP contribution in [0.15, 0.2) is 23.2 Å². The monoisotopic (exact) mass is 406 g/mol. The van der Waals surface area contributed by atoms with Gasteiger partial charge in [-0.05, 0) is 57.9 Å². The van der Waals surface area contributed by atoms with E-state index in [-0.39, 0.29) is 6.04 Å². The molecule has 2 atom stereocenters. The Morgan fingerprint density at radius 3 is 2.69 bits per heavy atom. The van der Waals surface area contributed by atoms with Crippen molar-refractivity contribution in [3.8, 4) is 11.5 Å². The molecule has 0 saturated carbocycles. The second kappa shape index (κ2) is 12.5. The Labute approximate surface area is 175 Å². The van der Waals surface area contributed by atoms with E-state index >= 15 is 0 Å². The average Bonchev–Trinajstić information content (AvgIpc) is 3.18. The number of methoxy groups -OCH3 is 1. The standard InChI is InChI=1S/C22H38N4O3/c1-6-28-20-11-10-18(15-21(20)29-7-2)17(3)25-22(23-4)24-16-19-9-8-12-26(19)13-14-27-5/h10-11,15,17,19H,6-9,12-14,16H2,1-5H3,(H2,23,24,25). The van der Waals surface area contributed by atoms with Gasteiger partial charge in [-0.2, -0.15) is 0 Å². The lowest BCUT2D eigenvalue weighted by Crippen LogP contribution is -2.46. The molecule has 1 aromatic carbocycles. The fourth-order valence-electron chi connectivity index (χ4n) is 3.66. The van der Waals surface area contributed by atoms with Crippen molar-refractivity contribution in [3.63, 3.8) is 0 Å². The van der Waals surface area contributed by atoms with Crippen molar-refractivity contribution in [1.82, 2.24) is 15.5 Å². The van der Waals surface area contributed by atoms with E-state index in [1.54, 1.807) is 7.11 Å². The number of guanidine groups is 1. The summed E-state index contributed by atoms with van der Waals surface area (Å²) >= 11 is 0. The Morgan fingerprint density at radius 2 is 2.00 bits per heavy atom. The molecule has 0 radical (unpaired) electrons. The molecule has 2 unspecified atom stereocenters. The highest BCUT2D eigenvalue weighted by atomic mass is 16.5. The first kappa shape index (κ1) is 23.3. The molecule has 1 aromatic rings. The van der Waals surface area contributed by atoms with Crippen LogP contribution in [-0.2, 0) is 4.74 Å². The maximum Gasteiger partial charge on any atom is 0.191 e. The van der Waals surface area contributed by atoms with Crippen molar-refractivity contribution in [2.75, 3.05) is 53.6 Å². The molecule has 1 saturated heterocycles. The summed E-state index contributed by atoms with van der Waals surface area (Å²) in [5.74, 6) is 2.37. The Hall–Kier alpha value is -1.99. The first-order valence-electron chi connectivity index (χ1n) is 10.7. The minimum Gasteiger partial charge on any atom is -0.490 e. The molecule has 0 bridgehead atoms. The average molecular weight is 407 g/mol. The van der Waals surface area contributed by atoms with Crippen LogP contribution in [0, 0.1) is 0 Å². The molecule has 1 fully saturated rings. The van der Waals surface area contributed by atoms with Gasteiger partial charge in [0, 0.05) is 33.3 Å². The number of ether oxygens (including phenoxy) is 3. The lowest BCUT2D eigenvalue weighted by Gasteiger charge is -2.26. The Morgan fingerprint density at radius 1 is 1.24 bits per heavy atom. The van der Waals surface area contributed by atoms with Gasteiger partial charge in [-0.3, -0.25) is 9.89 Å². The van der Waals surface area contributed by atoms with Crippen LogP contribution in [0.2, 0.25) is 0 Å². The van der Waals surface area contributed by atoms with Crippen molar-refractivity contribution in [1.29, 1.82) is 0 Å². The molecular weight excluding hydrogens is 368 g/mol. The second-order valence-corrected chi connectivity index (χ2v) is 7.22. The highest BCUT2D eigenvalue weighted by molar-refractivity contribution is 5.80. The summed E-state index contributed by atoms with van der Waals surface area (Å²) in [6, 6.07) is 6.70. The Balaban J connectivity index is 1.93. The van der Waals surface area contributed by atoms with Gasteiger partial charge in [0.15, 0.2) is 17.5 Å². The summed E-state index contributed by atoms with van der Waals surface area (Å²) < 4.78 is 16.7. The largest absolute Gasteiger partial charge is 0.490 e. The van der Waals surface area contributed by atoms with E-state index < -0.39 is 0 Å². The molecule has 164 valence electrons. The van der Waals surface area contributed by atoms with E-state index in [9.17, 15) is 0 Å². The van der Waals surface area contributed by atoms with E-state index in [0.29, 0.717) is 19.3 Å². The highest BCUT2D eigenvalue weighted by Crippen LogP contribution is 2.30. The van der Waals surface area contributed by atoms with Crippen LogP contribution < -0.4 is 20.1 Å². The van der Waals surface area contributed by atoms with Crippen LogP contribution in [-0.4, -0.2) is 70.5 Å². The number of hydrogen-bond acceptors (Lipinski definition) is 5. The quantitative estimate of drug-likeness (QED) is 0.435. The van der Waals surface area contributed by atoms with E-state index in [2.05, 4.69) is 33.5 Å². The SMILES string of the molecule is CCOc1ccc(C(C)NC(=NC)NCC2CCCN2CCOC)cc1OCC. The number of rotatable bonds is 11. The summed E-state index contributed by atoms with van der Waals surface area (Å²) in [7, 11) is 3.57. The summed E-state index contributed by atoms with van der Waals surface area (Å²) in [4.78, 5) is 6.90. The smallest absolute Gasteiger partial charge is 0.191 e. The van der Waals surface area contributed by atoms with Gasteiger partial charge < -0.3 is 24.8 Å². The summed E-state index contributed by atoms with van der Waals surface area (Å²) in [6.45, 7) is 11.1. The summed E-state index contributed by atoms with van der Waals surface area (Å²) in [5, 5.41) is 6.98. The van der Waals surface area contributed by atoms with Gasteiger partial charge in [0.1, 0.15) is 0 Å². The van der Waals surface area contributed by atoms with Crippen molar-refractivity contribution in [3.05, 3.63) is 23.8 Å². The predicted octanol–water partition coefficient (Wildman–Crippen LogP) is 2.82.